The SMILES string of the molecule is CS(=O)(=O)c1nc(O)c2cc(Br)ccc2n1. The monoisotopic (exact) mass is 302 g/mol. The van der Waals surface area contributed by atoms with Gasteiger partial charge in [0, 0.05) is 10.7 Å². The van der Waals surface area contributed by atoms with Crippen molar-refractivity contribution in [2.45, 2.75) is 5.16 Å². The van der Waals surface area contributed by atoms with Gasteiger partial charge in [-0.05, 0) is 18.2 Å². The maximum Gasteiger partial charge on any atom is 0.250 e. The predicted molar refractivity (Wildman–Crippen MR) is 62.0 cm³/mol. The number of hydrogen-bond donors (Lipinski definition) is 1. The third-order valence-electron chi connectivity index (χ3n) is 1.95. The van der Waals surface area contributed by atoms with Crippen LogP contribution in [0.2, 0.25) is 0 Å². The summed E-state index contributed by atoms with van der Waals surface area (Å²) in [5.41, 5.74) is 0.385. The molecule has 2 aromatic rings. The number of rotatable bonds is 1. The van der Waals surface area contributed by atoms with Gasteiger partial charge in [-0.1, -0.05) is 15.9 Å². The molecule has 0 aliphatic carbocycles. The molecule has 0 spiro atoms. The van der Waals surface area contributed by atoms with E-state index in [1.165, 1.54) is 0 Å². The Hall–Kier alpha value is -1.21. The standard InChI is InChI=1S/C9H7BrN2O3S/c1-16(14,15)9-11-7-3-2-5(10)4-6(7)8(13)12-9/h2-4H,1H3,(H,11,12,13). The van der Waals surface area contributed by atoms with Gasteiger partial charge in [-0.2, -0.15) is 4.98 Å². The molecule has 0 radical (unpaired) electrons. The zero-order chi connectivity index (χ0) is 11.9. The second-order valence-corrected chi connectivity index (χ2v) is 6.09. The minimum Gasteiger partial charge on any atom is -0.493 e. The van der Waals surface area contributed by atoms with Crippen molar-refractivity contribution in [3.05, 3.63) is 22.7 Å². The van der Waals surface area contributed by atoms with E-state index in [1.807, 2.05) is 0 Å². The second-order valence-electron chi connectivity index (χ2n) is 3.26. The summed E-state index contributed by atoms with van der Waals surface area (Å²) in [6, 6.07) is 4.94. The lowest BCUT2D eigenvalue weighted by Crippen LogP contribution is -2.04. The van der Waals surface area contributed by atoms with Crippen LogP contribution in [0.5, 0.6) is 5.88 Å². The highest BCUT2D eigenvalue weighted by atomic mass is 79.9. The average Bonchev–Trinajstić information content (AvgIpc) is 2.17. The van der Waals surface area contributed by atoms with E-state index in [0.29, 0.717) is 10.9 Å². The molecule has 0 unspecified atom stereocenters. The van der Waals surface area contributed by atoms with Crippen molar-refractivity contribution in [3.8, 4) is 5.88 Å². The van der Waals surface area contributed by atoms with E-state index in [0.717, 1.165) is 10.7 Å². The van der Waals surface area contributed by atoms with Gasteiger partial charge in [-0.25, -0.2) is 13.4 Å². The zero-order valence-electron chi connectivity index (χ0n) is 8.18. The van der Waals surface area contributed by atoms with Gasteiger partial charge in [0.15, 0.2) is 0 Å². The first kappa shape index (κ1) is 11.3. The average molecular weight is 303 g/mol. The van der Waals surface area contributed by atoms with Gasteiger partial charge < -0.3 is 5.11 Å². The largest absolute Gasteiger partial charge is 0.493 e. The van der Waals surface area contributed by atoms with Crippen LogP contribution in [0.25, 0.3) is 10.9 Å². The molecule has 16 heavy (non-hydrogen) atoms. The highest BCUT2D eigenvalue weighted by molar-refractivity contribution is 9.10. The normalized spacial score (nSPS) is 11.9. The van der Waals surface area contributed by atoms with Crippen LogP contribution in [0.3, 0.4) is 0 Å². The molecule has 0 bridgehead atoms. The van der Waals surface area contributed by atoms with E-state index in [-0.39, 0.29) is 11.0 Å². The molecule has 1 aromatic heterocycles. The molecule has 0 aliphatic rings. The number of aromatic nitrogens is 2. The minimum atomic E-state index is -3.52. The number of benzene rings is 1. The molecule has 5 nitrogen and oxygen atoms in total. The van der Waals surface area contributed by atoms with Crippen LogP contribution in [0.1, 0.15) is 0 Å². The second kappa shape index (κ2) is 3.67. The third-order valence-corrected chi connectivity index (χ3v) is 3.29. The van der Waals surface area contributed by atoms with Crippen molar-refractivity contribution in [1.29, 1.82) is 0 Å². The molecule has 1 N–H and O–H groups in total. The Labute approximate surface area is 100 Å². The number of aromatic hydroxyl groups is 1. The molecule has 1 aromatic carbocycles. The van der Waals surface area contributed by atoms with Crippen LogP contribution in [0.15, 0.2) is 27.8 Å². The van der Waals surface area contributed by atoms with Gasteiger partial charge in [-0.3, -0.25) is 0 Å². The fraction of sp³-hybridized carbons (Fsp3) is 0.111. The lowest BCUT2D eigenvalue weighted by Gasteiger charge is -2.03. The summed E-state index contributed by atoms with van der Waals surface area (Å²) in [6.07, 6.45) is 0.993. The molecule has 2 rings (SSSR count). The molecular weight excluding hydrogens is 296 g/mol. The maximum atomic E-state index is 11.3. The van der Waals surface area contributed by atoms with E-state index in [4.69, 9.17) is 0 Å². The van der Waals surface area contributed by atoms with Gasteiger partial charge in [0.2, 0.25) is 15.7 Å². The van der Waals surface area contributed by atoms with Crippen LogP contribution in [-0.4, -0.2) is 29.7 Å². The van der Waals surface area contributed by atoms with Crippen LogP contribution in [0, 0.1) is 0 Å². The first-order valence-corrected chi connectivity index (χ1v) is 6.93. The Morgan fingerprint density at radius 3 is 2.62 bits per heavy atom. The molecule has 0 fully saturated rings. The van der Waals surface area contributed by atoms with Gasteiger partial charge in [0.25, 0.3) is 5.16 Å². The fourth-order valence-electron chi connectivity index (χ4n) is 1.23. The van der Waals surface area contributed by atoms with Crippen molar-refractivity contribution in [2.24, 2.45) is 0 Å². The van der Waals surface area contributed by atoms with E-state index in [2.05, 4.69) is 25.9 Å². The van der Waals surface area contributed by atoms with E-state index in [1.54, 1.807) is 18.2 Å². The zero-order valence-corrected chi connectivity index (χ0v) is 10.6. The van der Waals surface area contributed by atoms with Crippen LogP contribution in [-0.2, 0) is 9.84 Å². The number of nitrogens with zero attached hydrogens (tertiary/aromatic N) is 2. The minimum absolute atomic E-state index is 0.341. The number of fused-ring (bicyclic) bond motifs is 1. The summed E-state index contributed by atoms with van der Waals surface area (Å²) in [6.45, 7) is 0. The van der Waals surface area contributed by atoms with E-state index < -0.39 is 9.84 Å². The molecule has 84 valence electrons. The summed E-state index contributed by atoms with van der Waals surface area (Å²) in [5, 5.41) is 9.63. The summed E-state index contributed by atoms with van der Waals surface area (Å²) in [4.78, 5) is 7.42. The van der Waals surface area contributed by atoms with Gasteiger partial charge in [-0.15, -0.1) is 0 Å². The molecule has 0 saturated carbocycles. The summed E-state index contributed by atoms with van der Waals surface area (Å²) in [5.74, 6) is -0.341. The molecular formula is C9H7BrN2O3S. The Balaban J connectivity index is 2.84. The fourth-order valence-corrected chi connectivity index (χ4v) is 2.11. The maximum absolute atomic E-state index is 11.3. The molecule has 0 saturated heterocycles. The smallest absolute Gasteiger partial charge is 0.250 e. The molecule has 0 aliphatic heterocycles. The first-order chi connectivity index (χ1) is 7.38. The number of sulfone groups is 1. The predicted octanol–water partition coefficient (Wildman–Crippen LogP) is 1.50. The van der Waals surface area contributed by atoms with Crippen LogP contribution >= 0.6 is 15.9 Å². The van der Waals surface area contributed by atoms with Gasteiger partial charge in [0.05, 0.1) is 10.9 Å². The molecule has 7 heteroatoms. The summed E-state index contributed by atoms with van der Waals surface area (Å²) in [7, 11) is -3.52. The van der Waals surface area contributed by atoms with Gasteiger partial charge in [0.1, 0.15) is 0 Å². The Bertz CT molecular complexity index is 670. The van der Waals surface area contributed by atoms with E-state index in [9.17, 15) is 13.5 Å². The highest BCUT2D eigenvalue weighted by Gasteiger charge is 2.15. The van der Waals surface area contributed by atoms with Crippen LogP contribution < -0.4 is 0 Å². The number of halogens is 1. The summed E-state index contributed by atoms with van der Waals surface area (Å²) >= 11 is 3.24. The van der Waals surface area contributed by atoms with Crippen molar-refractivity contribution >= 4 is 36.7 Å². The Morgan fingerprint density at radius 1 is 1.31 bits per heavy atom. The van der Waals surface area contributed by atoms with Crippen molar-refractivity contribution in [1.82, 2.24) is 9.97 Å². The Kier molecular flexibility index (Phi) is 2.59. The topological polar surface area (TPSA) is 80.2 Å². The third kappa shape index (κ3) is 2.00. The molecule has 1 heterocycles. The molecule has 0 atom stereocenters. The number of hydrogen-bond acceptors (Lipinski definition) is 5. The van der Waals surface area contributed by atoms with E-state index >= 15 is 0 Å². The first-order valence-electron chi connectivity index (χ1n) is 4.24. The highest BCUT2D eigenvalue weighted by Crippen LogP contribution is 2.25. The quantitative estimate of drug-likeness (QED) is 0.808. The molecule has 0 amide bonds. The Morgan fingerprint density at radius 2 is 2.00 bits per heavy atom. The van der Waals surface area contributed by atoms with Crippen LogP contribution in [0.4, 0.5) is 0 Å². The van der Waals surface area contributed by atoms with Crippen molar-refractivity contribution in [2.75, 3.05) is 6.26 Å². The van der Waals surface area contributed by atoms with Crippen molar-refractivity contribution in [3.63, 3.8) is 0 Å². The lowest BCUT2D eigenvalue weighted by molar-refractivity contribution is 0.451. The van der Waals surface area contributed by atoms with Gasteiger partial charge >= 0.3 is 0 Å². The van der Waals surface area contributed by atoms with Crippen molar-refractivity contribution < 1.29 is 13.5 Å². The lowest BCUT2D eigenvalue weighted by atomic mass is 10.2. The summed E-state index contributed by atoms with van der Waals surface area (Å²) < 4.78 is 23.3.